The molecule has 0 aliphatic carbocycles. The predicted molar refractivity (Wildman–Crippen MR) is 77.0 cm³/mol. The SMILES string of the molecule is CCSCCC(C)NCc1cccc([N+](=O)[O-])c1. The Morgan fingerprint density at radius 2 is 2.28 bits per heavy atom. The smallest absolute Gasteiger partial charge is 0.269 e. The zero-order valence-electron chi connectivity index (χ0n) is 10.9. The highest BCUT2D eigenvalue weighted by Crippen LogP contribution is 2.13. The van der Waals surface area contributed by atoms with Crippen LogP contribution in [0.1, 0.15) is 25.8 Å². The van der Waals surface area contributed by atoms with E-state index in [1.54, 1.807) is 12.1 Å². The largest absolute Gasteiger partial charge is 0.310 e. The van der Waals surface area contributed by atoms with Crippen LogP contribution >= 0.6 is 11.8 Å². The van der Waals surface area contributed by atoms with E-state index in [0.29, 0.717) is 12.6 Å². The molecule has 18 heavy (non-hydrogen) atoms. The van der Waals surface area contributed by atoms with Gasteiger partial charge in [0, 0.05) is 24.7 Å². The van der Waals surface area contributed by atoms with Crippen molar-refractivity contribution < 1.29 is 4.92 Å². The van der Waals surface area contributed by atoms with Gasteiger partial charge in [0.2, 0.25) is 0 Å². The Morgan fingerprint density at radius 1 is 1.50 bits per heavy atom. The number of hydrogen-bond acceptors (Lipinski definition) is 4. The number of thioether (sulfide) groups is 1. The maximum Gasteiger partial charge on any atom is 0.269 e. The lowest BCUT2D eigenvalue weighted by molar-refractivity contribution is -0.384. The highest BCUT2D eigenvalue weighted by atomic mass is 32.2. The molecule has 1 atom stereocenters. The third-order valence-corrected chi connectivity index (χ3v) is 3.61. The highest BCUT2D eigenvalue weighted by Gasteiger charge is 2.06. The van der Waals surface area contributed by atoms with Gasteiger partial charge in [-0.25, -0.2) is 0 Å². The number of nitro benzene ring substituents is 1. The van der Waals surface area contributed by atoms with E-state index in [4.69, 9.17) is 0 Å². The second-order valence-electron chi connectivity index (χ2n) is 4.19. The van der Waals surface area contributed by atoms with E-state index in [1.165, 1.54) is 6.07 Å². The second-order valence-corrected chi connectivity index (χ2v) is 5.59. The first-order chi connectivity index (χ1) is 8.63. The van der Waals surface area contributed by atoms with Gasteiger partial charge >= 0.3 is 0 Å². The Kier molecular flexibility index (Phi) is 6.75. The number of non-ortho nitro benzene ring substituents is 1. The summed E-state index contributed by atoms with van der Waals surface area (Å²) in [4.78, 5) is 10.3. The normalized spacial score (nSPS) is 12.3. The molecule has 0 radical (unpaired) electrons. The number of nitrogens with one attached hydrogen (secondary N) is 1. The van der Waals surface area contributed by atoms with E-state index in [-0.39, 0.29) is 10.6 Å². The van der Waals surface area contributed by atoms with Crippen LogP contribution in [-0.4, -0.2) is 22.5 Å². The molecule has 5 heteroatoms. The molecular weight excluding hydrogens is 248 g/mol. The lowest BCUT2D eigenvalue weighted by Gasteiger charge is -2.13. The molecule has 1 N–H and O–H groups in total. The van der Waals surface area contributed by atoms with E-state index in [1.807, 2.05) is 17.8 Å². The van der Waals surface area contributed by atoms with Crippen molar-refractivity contribution in [2.45, 2.75) is 32.9 Å². The molecule has 0 aliphatic heterocycles. The van der Waals surface area contributed by atoms with Crippen LogP contribution in [0.4, 0.5) is 5.69 Å². The molecule has 0 bridgehead atoms. The molecule has 100 valence electrons. The van der Waals surface area contributed by atoms with Crippen LogP contribution in [0.25, 0.3) is 0 Å². The molecule has 1 aromatic carbocycles. The van der Waals surface area contributed by atoms with Gasteiger partial charge in [0.15, 0.2) is 0 Å². The van der Waals surface area contributed by atoms with Crippen molar-refractivity contribution in [3.8, 4) is 0 Å². The molecule has 0 heterocycles. The van der Waals surface area contributed by atoms with Crippen molar-refractivity contribution in [1.29, 1.82) is 0 Å². The van der Waals surface area contributed by atoms with E-state index in [9.17, 15) is 10.1 Å². The van der Waals surface area contributed by atoms with Gasteiger partial charge in [0.05, 0.1) is 4.92 Å². The van der Waals surface area contributed by atoms with Crippen LogP contribution in [0.15, 0.2) is 24.3 Å². The Morgan fingerprint density at radius 3 is 2.94 bits per heavy atom. The fraction of sp³-hybridized carbons (Fsp3) is 0.538. The zero-order valence-corrected chi connectivity index (χ0v) is 11.7. The number of rotatable bonds is 8. The summed E-state index contributed by atoms with van der Waals surface area (Å²) in [6.45, 7) is 4.99. The van der Waals surface area contributed by atoms with Crippen molar-refractivity contribution in [2.75, 3.05) is 11.5 Å². The summed E-state index contributed by atoms with van der Waals surface area (Å²) < 4.78 is 0. The third kappa shape index (κ3) is 5.51. The fourth-order valence-corrected chi connectivity index (χ4v) is 2.39. The van der Waals surface area contributed by atoms with E-state index >= 15 is 0 Å². The fourth-order valence-electron chi connectivity index (χ4n) is 1.58. The standard InChI is InChI=1S/C13H20N2O2S/c1-3-18-8-7-11(2)14-10-12-5-4-6-13(9-12)15(16)17/h4-6,9,11,14H,3,7-8,10H2,1-2H3. The van der Waals surface area contributed by atoms with Gasteiger partial charge in [0.1, 0.15) is 0 Å². The lowest BCUT2D eigenvalue weighted by Crippen LogP contribution is -2.26. The van der Waals surface area contributed by atoms with Crippen LogP contribution < -0.4 is 5.32 Å². The number of nitrogens with zero attached hydrogens (tertiary/aromatic N) is 1. The number of hydrogen-bond donors (Lipinski definition) is 1. The molecule has 0 aliphatic rings. The molecule has 1 rings (SSSR count). The first kappa shape index (κ1) is 15.0. The summed E-state index contributed by atoms with van der Waals surface area (Å²) in [7, 11) is 0. The topological polar surface area (TPSA) is 55.2 Å². The van der Waals surface area contributed by atoms with Gasteiger partial charge in [-0.1, -0.05) is 19.1 Å². The second kappa shape index (κ2) is 8.11. The third-order valence-electron chi connectivity index (χ3n) is 2.68. The van der Waals surface area contributed by atoms with Gasteiger partial charge in [0.25, 0.3) is 5.69 Å². The Balaban J connectivity index is 2.38. The van der Waals surface area contributed by atoms with Crippen molar-refractivity contribution >= 4 is 17.4 Å². The molecule has 4 nitrogen and oxygen atoms in total. The Hall–Kier alpha value is -1.07. The first-order valence-corrected chi connectivity index (χ1v) is 7.33. The molecule has 0 amide bonds. The quantitative estimate of drug-likeness (QED) is 0.447. The molecule has 0 aromatic heterocycles. The Bertz CT molecular complexity index is 385. The maximum absolute atomic E-state index is 10.6. The van der Waals surface area contributed by atoms with Gasteiger partial charge in [-0.2, -0.15) is 11.8 Å². The minimum atomic E-state index is -0.356. The van der Waals surface area contributed by atoms with Gasteiger partial charge < -0.3 is 5.32 Å². The predicted octanol–water partition coefficient (Wildman–Crippen LogP) is 3.22. The average molecular weight is 268 g/mol. The highest BCUT2D eigenvalue weighted by molar-refractivity contribution is 7.99. The summed E-state index contributed by atoms with van der Waals surface area (Å²) in [5.41, 5.74) is 1.11. The van der Waals surface area contributed by atoms with Crippen LogP contribution in [-0.2, 0) is 6.54 Å². The molecule has 0 saturated carbocycles. The number of nitro groups is 1. The minimum absolute atomic E-state index is 0.156. The summed E-state index contributed by atoms with van der Waals surface area (Å²) in [5.74, 6) is 2.30. The molecule has 1 unspecified atom stereocenters. The molecular formula is C13H20N2O2S. The number of benzene rings is 1. The lowest BCUT2D eigenvalue weighted by atomic mass is 10.2. The van der Waals surface area contributed by atoms with Crippen molar-refractivity contribution in [1.82, 2.24) is 5.32 Å². The van der Waals surface area contributed by atoms with E-state index < -0.39 is 0 Å². The zero-order chi connectivity index (χ0) is 13.4. The molecule has 0 spiro atoms. The van der Waals surface area contributed by atoms with Gasteiger partial charge in [-0.3, -0.25) is 10.1 Å². The van der Waals surface area contributed by atoms with E-state index in [2.05, 4.69) is 19.2 Å². The Labute approximate surface area is 112 Å². The van der Waals surface area contributed by atoms with Crippen LogP contribution in [0.2, 0.25) is 0 Å². The molecule has 0 fully saturated rings. The summed E-state index contributed by atoms with van der Waals surface area (Å²) in [5, 5.41) is 14.0. The van der Waals surface area contributed by atoms with Gasteiger partial charge in [-0.15, -0.1) is 0 Å². The monoisotopic (exact) mass is 268 g/mol. The molecule has 1 aromatic rings. The van der Waals surface area contributed by atoms with Crippen LogP contribution in [0.3, 0.4) is 0 Å². The van der Waals surface area contributed by atoms with Crippen LogP contribution in [0.5, 0.6) is 0 Å². The summed E-state index contributed by atoms with van der Waals surface area (Å²) in [6.07, 6.45) is 1.12. The van der Waals surface area contributed by atoms with Crippen molar-refractivity contribution in [2.24, 2.45) is 0 Å². The maximum atomic E-state index is 10.6. The minimum Gasteiger partial charge on any atom is -0.310 e. The van der Waals surface area contributed by atoms with E-state index in [0.717, 1.165) is 23.5 Å². The van der Waals surface area contributed by atoms with Crippen LogP contribution in [0, 0.1) is 10.1 Å². The van der Waals surface area contributed by atoms with Crippen molar-refractivity contribution in [3.05, 3.63) is 39.9 Å². The first-order valence-electron chi connectivity index (χ1n) is 6.18. The average Bonchev–Trinajstić information content (AvgIpc) is 2.37. The summed E-state index contributed by atoms with van der Waals surface area (Å²) >= 11 is 1.94. The summed E-state index contributed by atoms with van der Waals surface area (Å²) in [6, 6.07) is 7.22. The molecule has 0 saturated heterocycles. The van der Waals surface area contributed by atoms with Crippen molar-refractivity contribution in [3.63, 3.8) is 0 Å². The van der Waals surface area contributed by atoms with Gasteiger partial charge in [-0.05, 0) is 30.4 Å².